The van der Waals surface area contributed by atoms with E-state index in [1.54, 1.807) is 0 Å². The molecule has 0 N–H and O–H groups in total. The normalized spacial score (nSPS) is 10.7. The lowest BCUT2D eigenvalue weighted by Crippen LogP contribution is -2.11. The summed E-state index contributed by atoms with van der Waals surface area (Å²) in [6, 6.07) is 19.6. The molecule has 0 fully saturated rings. The maximum Gasteiger partial charge on any atom is 0.355 e. The van der Waals surface area contributed by atoms with E-state index in [4.69, 9.17) is 4.74 Å². The minimum Gasteiger partial charge on any atom is -0.456 e. The fraction of sp³-hybridized carbons (Fsp3) is 0.167. The number of rotatable bonds is 4. The third-order valence-electron chi connectivity index (χ3n) is 3.55. The number of aryl methyl sites for hydroxylation is 1. The minimum absolute atomic E-state index is 0.281. The van der Waals surface area contributed by atoms with Crippen molar-refractivity contribution in [3.8, 4) is 0 Å². The van der Waals surface area contributed by atoms with Gasteiger partial charge in [-0.2, -0.15) is 0 Å². The lowest BCUT2D eigenvalue weighted by molar-refractivity contribution is 0.0461. The number of benzene rings is 2. The molecule has 0 spiro atoms. The standard InChI is InChI=1S/C18H17NO2/c1-2-19-16-11-7-6-10-15(16)12-17(19)18(20)21-13-14-8-4-3-5-9-14/h3-12H,2,13H2,1H3. The minimum atomic E-state index is -0.281. The van der Waals surface area contributed by atoms with Crippen molar-refractivity contribution in [2.75, 3.05) is 0 Å². The predicted octanol–water partition coefficient (Wildman–Crippen LogP) is 4.02. The Morgan fingerprint density at radius 2 is 1.76 bits per heavy atom. The summed E-state index contributed by atoms with van der Waals surface area (Å²) >= 11 is 0. The van der Waals surface area contributed by atoms with Gasteiger partial charge in [0, 0.05) is 17.4 Å². The van der Waals surface area contributed by atoms with Crippen molar-refractivity contribution < 1.29 is 9.53 Å². The molecule has 2 aromatic carbocycles. The third kappa shape index (κ3) is 2.68. The summed E-state index contributed by atoms with van der Waals surface area (Å²) in [6.45, 7) is 3.06. The summed E-state index contributed by atoms with van der Waals surface area (Å²) in [5, 5.41) is 1.06. The third-order valence-corrected chi connectivity index (χ3v) is 3.55. The average Bonchev–Trinajstić information content (AvgIpc) is 2.92. The fourth-order valence-corrected chi connectivity index (χ4v) is 2.52. The maximum absolute atomic E-state index is 12.3. The molecule has 0 saturated heterocycles. The van der Waals surface area contributed by atoms with Gasteiger partial charge in [0.2, 0.25) is 0 Å². The van der Waals surface area contributed by atoms with Gasteiger partial charge in [-0.3, -0.25) is 0 Å². The molecule has 1 aromatic heterocycles. The zero-order valence-electron chi connectivity index (χ0n) is 12.0. The summed E-state index contributed by atoms with van der Waals surface area (Å²) in [7, 11) is 0. The quantitative estimate of drug-likeness (QED) is 0.675. The Balaban J connectivity index is 1.84. The van der Waals surface area contributed by atoms with Gasteiger partial charge in [0.1, 0.15) is 12.3 Å². The largest absolute Gasteiger partial charge is 0.456 e. The summed E-state index contributed by atoms with van der Waals surface area (Å²) in [5.41, 5.74) is 2.66. The molecule has 0 unspecified atom stereocenters. The topological polar surface area (TPSA) is 31.2 Å². The molecule has 0 amide bonds. The van der Waals surface area contributed by atoms with Gasteiger partial charge in [-0.25, -0.2) is 4.79 Å². The van der Waals surface area contributed by atoms with Crippen LogP contribution in [0.15, 0.2) is 60.7 Å². The van der Waals surface area contributed by atoms with Crippen LogP contribution in [0.1, 0.15) is 23.0 Å². The Kier molecular flexibility index (Phi) is 3.73. The molecule has 106 valence electrons. The maximum atomic E-state index is 12.3. The second-order valence-corrected chi connectivity index (χ2v) is 4.89. The highest BCUT2D eigenvalue weighted by Crippen LogP contribution is 2.20. The van der Waals surface area contributed by atoms with Crippen LogP contribution < -0.4 is 0 Å². The van der Waals surface area contributed by atoms with Crippen molar-refractivity contribution in [3.05, 3.63) is 71.9 Å². The number of carbonyl (C=O) groups is 1. The van der Waals surface area contributed by atoms with Crippen molar-refractivity contribution in [1.82, 2.24) is 4.57 Å². The van der Waals surface area contributed by atoms with Gasteiger partial charge in [-0.05, 0) is 24.6 Å². The van der Waals surface area contributed by atoms with Gasteiger partial charge in [-0.15, -0.1) is 0 Å². The molecule has 3 heteroatoms. The molecule has 0 atom stereocenters. The van der Waals surface area contributed by atoms with E-state index in [9.17, 15) is 4.79 Å². The molecule has 0 aliphatic carbocycles. The van der Waals surface area contributed by atoms with Crippen LogP contribution in [-0.4, -0.2) is 10.5 Å². The Hall–Kier alpha value is -2.55. The molecule has 1 heterocycles. The van der Waals surface area contributed by atoms with E-state index in [1.165, 1.54) is 0 Å². The van der Waals surface area contributed by atoms with Crippen LogP contribution in [0.5, 0.6) is 0 Å². The number of hydrogen-bond donors (Lipinski definition) is 0. The number of ether oxygens (including phenoxy) is 1. The van der Waals surface area contributed by atoms with Gasteiger partial charge in [0.25, 0.3) is 0 Å². The van der Waals surface area contributed by atoms with Gasteiger partial charge in [-0.1, -0.05) is 48.5 Å². The summed E-state index contributed by atoms with van der Waals surface area (Å²) in [4.78, 5) is 12.3. The van der Waals surface area contributed by atoms with E-state index >= 15 is 0 Å². The predicted molar refractivity (Wildman–Crippen MR) is 83.2 cm³/mol. The smallest absolute Gasteiger partial charge is 0.355 e. The monoisotopic (exact) mass is 279 g/mol. The van der Waals surface area contributed by atoms with E-state index in [0.29, 0.717) is 12.3 Å². The van der Waals surface area contributed by atoms with Crippen LogP contribution in [0.4, 0.5) is 0 Å². The zero-order valence-corrected chi connectivity index (χ0v) is 12.0. The van der Waals surface area contributed by atoms with E-state index in [-0.39, 0.29) is 5.97 Å². The average molecular weight is 279 g/mol. The van der Waals surface area contributed by atoms with Crippen molar-refractivity contribution in [3.63, 3.8) is 0 Å². The second kappa shape index (κ2) is 5.83. The SMILES string of the molecule is CCn1c(C(=O)OCc2ccccc2)cc2ccccc21. The fourth-order valence-electron chi connectivity index (χ4n) is 2.52. The Labute approximate surface area is 123 Å². The molecule has 3 aromatic rings. The molecule has 3 rings (SSSR count). The highest BCUT2D eigenvalue weighted by Gasteiger charge is 2.15. The molecule has 0 saturated carbocycles. The zero-order chi connectivity index (χ0) is 14.7. The molecule has 0 aliphatic heterocycles. The van der Waals surface area contributed by atoms with Gasteiger partial charge in [0.05, 0.1) is 0 Å². The number of para-hydroxylation sites is 1. The first kappa shape index (κ1) is 13.4. The highest BCUT2D eigenvalue weighted by atomic mass is 16.5. The van der Waals surface area contributed by atoms with Crippen molar-refractivity contribution >= 4 is 16.9 Å². The number of carbonyl (C=O) groups excluding carboxylic acids is 1. The molecular weight excluding hydrogens is 262 g/mol. The molecule has 3 nitrogen and oxygen atoms in total. The Bertz CT molecular complexity index is 759. The lowest BCUT2D eigenvalue weighted by Gasteiger charge is -2.08. The number of aromatic nitrogens is 1. The summed E-state index contributed by atoms with van der Waals surface area (Å²) in [6.07, 6.45) is 0. The lowest BCUT2D eigenvalue weighted by atomic mass is 10.2. The van der Waals surface area contributed by atoms with E-state index in [0.717, 1.165) is 23.0 Å². The van der Waals surface area contributed by atoms with Crippen molar-refractivity contribution in [1.29, 1.82) is 0 Å². The molecule has 0 bridgehead atoms. The highest BCUT2D eigenvalue weighted by molar-refractivity contribution is 5.95. The van der Waals surface area contributed by atoms with E-state index < -0.39 is 0 Å². The number of nitrogens with zero attached hydrogens (tertiary/aromatic N) is 1. The van der Waals surface area contributed by atoms with Crippen LogP contribution in [0.25, 0.3) is 10.9 Å². The van der Waals surface area contributed by atoms with E-state index in [1.807, 2.05) is 72.2 Å². The van der Waals surface area contributed by atoms with Crippen molar-refractivity contribution in [2.24, 2.45) is 0 Å². The van der Waals surface area contributed by atoms with Crippen LogP contribution >= 0.6 is 0 Å². The first-order valence-electron chi connectivity index (χ1n) is 7.09. The molecule has 0 radical (unpaired) electrons. The summed E-state index contributed by atoms with van der Waals surface area (Å²) in [5.74, 6) is -0.281. The Morgan fingerprint density at radius 1 is 1.05 bits per heavy atom. The van der Waals surface area contributed by atoms with Crippen LogP contribution in [-0.2, 0) is 17.9 Å². The van der Waals surface area contributed by atoms with Crippen LogP contribution in [0.3, 0.4) is 0 Å². The summed E-state index contributed by atoms with van der Waals surface area (Å²) < 4.78 is 7.42. The molecule has 0 aliphatic rings. The van der Waals surface area contributed by atoms with Crippen LogP contribution in [0.2, 0.25) is 0 Å². The molecular formula is C18H17NO2. The number of fused-ring (bicyclic) bond motifs is 1. The molecule has 21 heavy (non-hydrogen) atoms. The number of esters is 1. The van der Waals surface area contributed by atoms with Gasteiger partial charge >= 0.3 is 5.97 Å². The van der Waals surface area contributed by atoms with Gasteiger partial charge < -0.3 is 9.30 Å². The second-order valence-electron chi connectivity index (χ2n) is 4.89. The van der Waals surface area contributed by atoms with Crippen LogP contribution in [0, 0.1) is 0 Å². The van der Waals surface area contributed by atoms with Crippen molar-refractivity contribution in [2.45, 2.75) is 20.1 Å². The first-order valence-corrected chi connectivity index (χ1v) is 7.09. The Morgan fingerprint density at radius 3 is 2.52 bits per heavy atom. The number of hydrogen-bond acceptors (Lipinski definition) is 2. The van der Waals surface area contributed by atoms with Gasteiger partial charge in [0.15, 0.2) is 0 Å². The first-order chi connectivity index (χ1) is 10.3. The van der Waals surface area contributed by atoms with E-state index in [2.05, 4.69) is 0 Å².